The monoisotopic (exact) mass is 281 g/mol. The summed E-state index contributed by atoms with van der Waals surface area (Å²) in [5.74, 6) is -0.0371. The molecule has 1 atom stereocenters. The van der Waals surface area contributed by atoms with Gasteiger partial charge in [0.2, 0.25) is 0 Å². The molecule has 1 saturated heterocycles. The SMILES string of the molecule is O=C(NC[C@@H]1CCCO1)c1ccccc1-c1ccccc1. The molecule has 1 aliphatic heterocycles. The van der Waals surface area contributed by atoms with Crippen LogP contribution in [0.5, 0.6) is 0 Å². The van der Waals surface area contributed by atoms with Crippen LogP contribution in [-0.2, 0) is 4.74 Å². The van der Waals surface area contributed by atoms with Gasteiger partial charge >= 0.3 is 0 Å². The molecule has 0 bridgehead atoms. The predicted octanol–water partition coefficient (Wildman–Crippen LogP) is 3.26. The molecule has 0 radical (unpaired) electrons. The number of benzene rings is 2. The molecule has 0 saturated carbocycles. The second-order valence-corrected chi connectivity index (χ2v) is 5.26. The van der Waals surface area contributed by atoms with Crippen molar-refractivity contribution in [1.82, 2.24) is 5.32 Å². The Morgan fingerprint density at radius 1 is 1.10 bits per heavy atom. The van der Waals surface area contributed by atoms with E-state index in [1.165, 1.54) is 0 Å². The second-order valence-electron chi connectivity index (χ2n) is 5.26. The topological polar surface area (TPSA) is 38.3 Å². The molecule has 2 aromatic rings. The molecule has 2 aromatic carbocycles. The van der Waals surface area contributed by atoms with Gasteiger partial charge in [0.15, 0.2) is 0 Å². The highest BCUT2D eigenvalue weighted by Gasteiger charge is 2.18. The van der Waals surface area contributed by atoms with Crippen LogP contribution in [0.3, 0.4) is 0 Å². The summed E-state index contributed by atoms with van der Waals surface area (Å²) in [5.41, 5.74) is 2.73. The summed E-state index contributed by atoms with van der Waals surface area (Å²) in [5, 5.41) is 2.99. The van der Waals surface area contributed by atoms with Crippen LogP contribution in [0.2, 0.25) is 0 Å². The van der Waals surface area contributed by atoms with Gasteiger partial charge in [-0.15, -0.1) is 0 Å². The minimum Gasteiger partial charge on any atom is -0.376 e. The van der Waals surface area contributed by atoms with E-state index in [9.17, 15) is 4.79 Å². The molecular formula is C18H19NO2. The molecule has 21 heavy (non-hydrogen) atoms. The fraction of sp³-hybridized carbons (Fsp3) is 0.278. The Kier molecular flexibility index (Phi) is 4.31. The van der Waals surface area contributed by atoms with Crippen LogP contribution < -0.4 is 5.32 Å². The lowest BCUT2D eigenvalue weighted by Crippen LogP contribution is -2.32. The highest BCUT2D eigenvalue weighted by Crippen LogP contribution is 2.23. The first kappa shape index (κ1) is 13.8. The highest BCUT2D eigenvalue weighted by atomic mass is 16.5. The van der Waals surface area contributed by atoms with E-state index in [4.69, 9.17) is 4.74 Å². The average Bonchev–Trinajstić information content (AvgIpc) is 3.07. The maximum absolute atomic E-state index is 12.4. The summed E-state index contributed by atoms with van der Waals surface area (Å²) >= 11 is 0. The van der Waals surface area contributed by atoms with Crippen molar-refractivity contribution in [3.05, 3.63) is 60.2 Å². The molecule has 1 N–H and O–H groups in total. The molecule has 0 unspecified atom stereocenters. The first-order valence-electron chi connectivity index (χ1n) is 7.39. The van der Waals surface area contributed by atoms with Crippen molar-refractivity contribution < 1.29 is 9.53 Å². The maximum atomic E-state index is 12.4. The van der Waals surface area contributed by atoms with Crippen LogP contribution in [-0.4, -0.2) is 25.2 Å². The number of carbonyl (C=O) groups is 1. The van der Waals surface area contributed by atoms with Crippen LogP contribution >= 0.6 is 0 Å². The van der Waals surface area contributed by atoms with E-state index >= 15 is 0 Å². The van der Waals surface area contributed by atoms with Gasteiger partial charge < -0.3 is 10.1 Å². The highest BCUT2D eigenvalue weighted by molar-refractivity contribution is 6.00. The average molecular weight is 281 g/mol. The minimum absolute atomic E-state index is 0.0371. The molecule has 0 aliphatic carbocycles. The Morgan fingerprint density at radius 3 is 2.62 bits per heavy atom. The molecule has 1 aliphatic rings. The lowest BCUT2D eigenvalue weighted by Gasteiger charge is -2.13. The Bertz CT molecular complexity index is 604. The molecule has 3 nitrogen and oxygen atoms in total. The van der Waals surface area contributed by atoms with Gasteiger partial charge in [-0.25, -0.2) is 0 Å². The first-order chi connectivity index (χ1) is 10.3. The van der Waals surface area contributed by atoms with Gasteiger partial charge in [0.1, 0.15) is 0 Å². The fourth-order valence-corrected chi connectivity index (χ4v) is 2.66. The Hall–Kier alpha value is -2.13. The maximum Gasteiger partial charge on any atom is 0.252 e. The lowest BCUT2D eigenvalue weighted by atomic mass is 9.99. The van der Waals surface area contributed by atoms with Gasteiger partial charge in [-0.05, 0) is 30.0 Å². The number of amides is 1. The van der Waals surface area contributed by atoms with Gasteiger partial charge in [0, 0.05) is 18.7 Å². The Morgan fingerprint density at radius 2 is 1.86 bits per heavy atom. The van der Waals surface area contributed by atoms with E-state index in [1.807, 2.05) is 54.6 Å². The molecule has 3 rings (SSSR count). The lowest BCUT2D eigenvalue weighted by molar-refractivity contribution is 0.0858. The zero-order valence-corrected chi connectivity index (χ0v) is 11.9. The molecule has 1 heterocycles. The van der Waals surface area contributed by atoms with Crippen molar-refractivity contribution in [2.75, 3.05) is 13.2 Å². The van der Waals surface area contributed by atoms with Gasteiger partial charge in [-0.1, -0.05) is 48.5 Å². The predicted molar refractivity (Wildman–Crippen MR) is 83.2 cm³/mol. The summed E-state index contributed by atoms with van der Waals surface area (Å²) in [6.07, 6.45) is 2.28. The number of hydrogen-bond donors (Lipinski definition) is 1. The number of rotatable bonds is 4. The molecule has 1 fully saturated rings. The molecule has 0 aromatic heterocycles. The first-order valence-corrected chi connectivity index (χ1v) is 7.39. The molecule has 108 valence electrons. The number of carbonyl (C=O) groups excluding carboxylic acids is 1. The van der Waals surface area contributed by atoms with Crippen LogP contribution in [0.4, 0.5) is 0 Å². The van der Waals surface area contributed by atoms with Crippen LogP contribution in [0.1, 0.15) is 23.2 Å². The van der Waals surface area contributed by atoms with Crippen molar-refractivity contribution >= 4 is 5.91 Å². The molecule has 3 heteroatoms. The van der Waals surface area contributed by atoms with Crippen molar-refractivity contribution in [3.8, 4) is 11.1 Å². The third kappa shape index (κ3) is 3.31. The van der Waals surface area contributed by atoms with Crippen LogP contribution in [0, 0.1) is 0 Å². The van der Waals surface area contributed by atoms with Crippen molar-refractivity contribution in [2.24, 2.45) is 0 Å². The standard InChI is InChI=1S/C18H19NO2/c20-18(19-13-15-9-6-12-21-15)17-11-5-4-10-16(17)14-7-2-1-3-8-14/h1-5,7-8,10-11,15H,6,9,12-13H2,(H,19,20)/t15-/m0/s1. The number of hydrogen-bond acceptors (Lipinski definition) is 2. The Balaban J connectivity index is 1.76. The van der Waals surface area contributed by atoms with Gasteiger partial charge in [0.05, 0.1) is 6.10 Å². The number of nitrogens with one attached hydrogen (secondary N) is 1. The van der Waals surface area contributed by atoms with E-state index in [2.05, 4.69) is 5.32 Å². The summed E-state index contributed by atoms with van der Waals surface area (Å²) < 4.78 is 5.54. The normalized spacial score (nSPS) is 17.6. The van der Waals surface area contributed by atoms with Crippen LogP contribution in [0.25, 0.3) is 11.1 Å². The van der Waals surface area contributed by atoms with Gasteiger partial charge in [-0.2, -0.15) is 0 Å². The van der Waals surface area contributed by atoms with E-state index in [0.717, 1.165) is 30.6 Å². The molecule has 1 amide bonds. The van der Waals surface area contributed by atoms with Gasteiger partial charge in [-0.3, -0.25) is 4.79 Å². The summed E-state index contributed by atoms with van der Waals surface area (Å²) in [6, 6.07) is 17.7. The zero-order chi connectivity index (χ0) is 14.5. The quantitative estimate of drug-likeness (QED) is 0.934. The summed E-state index contributed by atoms with van der Waals surface area (Å²) in [6.45, 7) is 1.39. The molecular weight excluding hydrogens is 262 g/mol. The summed E-state index contributed by atoms with van der Waals surface area (Å²) in [7, 11) is 0. The zero-order valence-electron chi connectivity index (χ0n) is 11.9. The third-order valence-electron chi connectivity index (χ3n) is 3.77. The smallest absolute Gasteiger partial charge is 0.252 e. The number of ether oxygens (including phenoxy) is 1. The van der Waals surface area contributed by atoms with Crippen LogP contribution in [0.15, 0.2) is 54.6 Å². The molecule has 0 spiro atoms. The van der Waals surface area contributed by atoms with Crippen molar-refractivity contribution in [3.63, 3.8) is 0 Å². The van der Waals surface area contributed by atoms with Crippen molar-refractivity contribution in [1.29, 1.82) is 0 Å². The van der Waals surface area contributed by atoms with E-state index in [-0.39, 0.29) is 12.0 Å². The fourth-order valence-electron chi connectivity index (χ4n) is 2.66. The Labute approximate surface area is 124 Å². The summed E-state index contributed by atoms with van der Waals surface area (Å²) in [4.78, 5) is 12.4. The largest absolute Gasteiger partial charge is 0.376 e. The van der Waals surface area contributed by atoms with Gasteiger partial charge in [0.25, 0.3) is 5.91 Å². The van der Waals surface area contributed by atoms with E-state index < -0.39 is 0 Å². The van der Waals surface area contributed by atoms with E-state index in [1.54, 1.807) is 0 Å². The minimum atomic E-state index is -0.0371. The third-order valence-corrected chi connectivity index (χ3v) is 3.77. The van der Waals surface area contributed by atoms with E-state index in [0.29, 0.717) is 12.1 Å². The second kappa shape index (κ2) is 6.55. The van der Waals surface area contributed by atoms with Crippen molar-refractivity contribution in [2.45, 2.75) is 18.9 Å².